The van der Waals surface area contributed by atoms with Crippen molar-refractivity contribution < 1.29 is 0 Å². The number of rotatable bonds is 3. The van der Waals surface area contributed by atoms with Crippen molar-refractivity contribution in [2.45, 2.75) is 6.54 Å². The number of aromatic amines is 1. The molecule has 3 heterocycles. The number of hydrogen-bond acceptors (Lipinski definition) is 5. The number of nitrogens with zero attached hydrogens (tertiary/aromatic N) is 6. The Kier molecular flexibility index (Phi) is 2.78. The van der Waals surface area contributed by atoms with Crippen molar-refractivity contribution in [3.8, 4) is 0 Å². The minimum atomic E-state index is 0.635. The van der Waals surface area contributed by atoms with Crippen molar-refractivity contribution in [2.24, 2.45) is 7.05 Å². The Morgan fingerprint density at radius 3 is 2.95 bits per heavy atom. The third kappa shape index (κ3) is 1.98. The van der Waals surface area contributed by atoms with E-state index in [-0.39, 0.29) is 0 Å². The fourth-order valence-electron chi connectivity index (χ4n) is 2.63. The first-order valence-corrected chi connectivity index (χ1v) is 7.00. The summed E-state index contributed by atoms with van der Waals surface area (Å²) >= 11 is 0. The Bertz CT molecular complexity index is 920. The molecule has 110 valence electrons. The summed E-state index contributed by atoms with van der Waals surface area (Å²) in [5, 5.41) is 5.18. The highest BCUT2D eigenvalue weighted by atomic mass is 15.3. The van der Waals surface area contributed by atoms with E-state index in [0.717, 1.165) is 33.7 Å². The molecule has 0 saturated heterocycles. The van der Waals surface area contributed by atoms with Gasteiger partial charge in [-0.3, -0.25) is 4.68 Å². The average Bonchev–Trinajstić information content (AvgIpc) is 3.10. The van der Waals surface area contributed by atoms with Crippen LogP contribution in [0.15, 0.2) is 36.8 Å². The van der Waals surface area contributed by atoms with Gasteiger partial charge >= 0.3 is 0 Å². The van der Waals surface area contributed by atoms with Gasteiger partial charge in [0, 0.05) is 14.1 Å². The van der Waals surface area contributed by atoms with E-state index in [1.807, 2.05) is 43.3 Å². The van der Waals surface area contributed by atoms with E-state index < -0.39 is 0 Å². The molecule has 0 saturated carbocycles. The SMILES string of the molecule is CN(Cc1nc2ccccc2[nH]1)c1ncnc2c1cnn2C. The van der Waals surface area contributed by atoms with Gasteiger partial charge in [0.2, 0.25) is 0 Å². The number of anilines is 1. The number of fused-ring (bicyclic) bond motifs is 2. The molecule has 0 aliphatic carbocycles. The molecule has 7 heteroatoms. The number of nitrogens with one attached hydrogen (secondary N) is 1. The summed E-state index contributed by atoms with van der Waals surface area (Å²) in [6.45, 7) is 0.635. The molecular weight excluding hydrogens is 278 g/mol. The van der Waals surface area contributed by atoms with Crippen molar-refractivity contribution in [3.63, 3.8) is 0 Å². The number of para-hydroxylation sites is 2. The highest BCUT2D eigenvalue weighted by Gasteiger charge is 2.13. The third-order valence-electron chi connectivity index (χ3n) is 3.70. The zero-order chi connectivity index (χ0) is 15.1. The van der Waals surface area contributed by atoms with Gasteiger partial charge in [-0.25, -0.2) is 15.0 Å². The minimum absolute atomic E-state index is 0.635. The van der Waals surface area contributed by atoms with Crippen LogP contribution in [0.1, 0.15) is 5.82 Å². The maximum atomic E-state index is 4.60. The number of aromatic nitrogens is 6. The summed E-state index contributed by atoms with van der Waals surface area (Å²) < 4.78 is 1.75. The molecule has 4 aromatic rings. The number of aryl methyl sites for hydroxylation is 1. The van der Waals surface area contributed by atoms with Crippen LogP contribution in [0.3, 0.4) is 0 Å². The Balaban J connectivity index is 1.69. The quantitative estimate of drug-likeness (QED) is 0.624. The number of hydrogen-bond donors (Lipinski definition) is 1. The maximum Gasteiger partial charge on any atom is 0.163 e. The lowest BCUT2D eigenvalue weighted by atomic mass is 10.3. The lowest BCUT2D eigenvalue weighted by Crippen LogP contribution is -2.19. The van der Waals surface area contributed by atoms with Crippen molar-refractivity contribution in [1.82, 2.24) is 29.7 Å². The van der Waals surface area contributed by atoms with Gasteiger partial charge in [-0.15, -0.1) is 0 Å². The second kappa shape index (κ2) is 4.80. The molecule has 7 nitrogen and oxygen atoms in total. The smallest absolute Gasteiger partial charge is 0.163 e. The Hall–Kier alpha value is -2.96. The lowest BCUT2D eigenvalue weighted by molar-refractivity contribution is 0.784. The minimum Gasteiger partial charge on any atom is -0.351 e. The van der Waals surface area contributed by atoms with Crippen molar-refractivity contribution in [3.05, 3.63) is 42.6 Å². The Morgan fingerprint density at radius 1 is 1.23 bits per heavy atom. The van der Waals surface area contributed by atoms with Gasteiger partial charge in [-0.2, -0.15) is 5.10 Å². The number of H-pyrrole nitrogens is 1. The molecule has 3 aromatic heterocycles. The van der Waals surface area contributed by atoms with Crippen LogP contribution in [0.2, 0.25) is 0 Å². The van der Waals surface area contributed by atoms with Crippen molar-refractivity contribution >= 4 is 27.9 Å². The van der Waals surface area contributed by atoms with Gasteiger partial charge in [0.15, 0.2) is 5.65 Å². The van der Waals surface area contributed by atoms with Crippen LogP contribution in [-0.4, -0.2) is 36.8 Å². The number of imidazole rings is 1. The second-order valence-corrected chi connectivity index (χ2v) is 5.26. The molecule has 1 aromatic carbocycles. The largest absolute Gasteiger partial charge is 0.351 e. The van der Waals surface area contributed by atoms with Gasteiger partial charge in [-0.05, 0) is 12.1 Å². The van der Waals surface area contributed by atoms with Gasteiger partial charge in [0.1, 0.15) is 18.0 Å². The topological polar surface area (TPSA) is 75.5 Å². The predicted molar refractivity (Wildman–Crippen MR) is 84.5 cm³/mol. The van der Waals surface area contributed by atoms with E-state index in [1.54, 1.807) is 17.2 Å². The summed E-state index contributed by atoms with van der Waals surface area (Å²) in [5.74, 6) is 1.75. The molecule has 22 heavy (non-hydrogen) atoms. The Morgan fingerprint density at radius 2 is 2.09 bits per heavy atom. The molecule has 0 aliphatic rings. The van der Waals surface area contributed by atoms with Crippen LogP contribution in [0, 0.1) is 0 Å². The molecule has 0 atom stereocenters. The van der Waals surface area contributed by atoms with Crippen LogP contribution >= 0.6 is 0 Å². The van der Waals surface area contributed by atoms with E-state index >= 15 is 0 Å². The summed E-state index contributed by atoms with van der Waals surface area (Å²) in [5.41, 5.74) is 2.83. The summed E-state index contributed by atoms with van der Waals surface area (Å²) in [6.07, 6.45) is 3.36. The van der Waals surface area contributed by atoms with E-state index in [9.17, 15) is 0 Å². The standard InChI is InChI=1S/C15H15N7/c1-21(8-13-19-11-5-3-4-6-12(11)20-13)14-10-7-18-22(2)15(10)17-9-16-14/h3-7,9H,8H2,1-2H3,(H,19,20). The molecule has 0 spiro atoms. The average molecular weight is 293 g/mol. The first kappa shape index (κ1) is 12.8. The van der Waals surface area contributed by atoms with Crippen LogP contribution in [0.4, 0.5) is 5.82 Å². The lowest BCUT2D eigenvalue weighted by Gasteiger charge is -2.16. The maximum absolute atomic E-state index is 4.60. The summed E-state index contributed by atoms with van der Waals surface area (Å²) in [4.78, 5) is 18.6. The van der Waals surface area contributed by atoms with Gasteiger partial charge in [-0.1, -0.05) is 12.1 Å². The van der Waals surface area contributed by atoms with Gasteiger partial charge < -0.3 is 9.88 Å². The molecule has 0 fully saturated rings. The summed E-state index contributed by atoms with van der Waals surface area (Å²) in [6, 6.07) is 8.01. The Labute approximate surface area is 126 Å². The molecule has 0 radical (unpaired) electrons. The molecule has 0 bridgehead atoms. The molecule has 0 unspecified atom stereocenters. The zero-order valence-electron chi connectivity index (χ0n) is 12.4. The molecule has 0 aliphatic heterocycles. The summed E-state index contributed by atoms with van der Waals surface area (Å²) in [7, 11) is 3.86. The fraction of sp³-hybridized carbons (Fsp3) is 0.200. The molecule has 1 N–H and O–H groups in total. The van der Waals surface area contributed by atoms with Gasteiger partial charge in [0.25, 0.3) is 0 Å². The van der Waals surface area contributed by atoms with E-state index in [0.29, 0.717) is 6.54 Å². The second-order valence-electron chi connectivity index (χ2n) is 5.26. The monoisotopic (exact) mass is 293 g/mol. The number of benzene rings is 1. The van der Waals surface area contributed by atoms with Crippen LogP contribution in [-0.2, 0) is 13.6 Å². The van der Waals surface area contributed by atoms with Gasteiger partial charge in [0.05, 0.1) is 29.2 Å². The fourth-order valence-corrected chi connectivity index (χ4v) is 2.63. The zero-order valence-corrected chi connectivity index (χ0v) is 12.4. The predicted octanol–water partition coefficient (Wildman–Crippen LogP) is 1.88. The van der Waals surface area contributed by atoms with Crippen molar-refractivity contribution in [1.29, 1.82) is 0 Å². The normalized spacial score (nSPS) is 11.4. The first-order chi connectivity index (χ1) is 10.7. The molecule has 0 amide bonds. The van der Waals surface area contributed by atoms with Crippen LogP contribution in [0.5, 0.6) is 0 Å². The molecular formula is C15H15N7. The highest BCUT2D eigenvalue weighted by Crippen LogP contribution is 2.22. The van der Waals surface area contributed by atoms with E-state index in [1.165, 1.54) is 0 Å². The van der Waals surface area contributed by atoms with E-state index in [4.69, 9.17) is 0 Å². The van der Waals surface area contributed by atoms with E-state index in [2.05, 4.69) is 25.0 Å². The van der Waals surface area contributed by atoms with Crippen LogP contribution < -0.4 is 4.90 Å². The third-order valence-corrected chi connectivity index (χ3v) is 3.70. The van der Waals surface area contributed by atoms with Crippen LogP contribution in [0.25, 0.3) is 22.1 Å². The molecule has 4 rings (SSSR count). The first-order valence-electron chi connectivity index (χ1n) is 7.00. The highest BCUT2D eigenvalue weighted by molar-refractivity contribution is 5.86. The van der Waals surface area contributed by atoms with Crippen molar-refractivity contribution in [2.75, 3.05) is 11.9 Å².